The fraction of sp³-hybridized carbons (Fsp3) is 0.474. The number of carbonyl (C=O) groups is 1. The third kappa shape index (κ3) is 8.23. The van der Waals surface area contributed by atoms with Gasteiger partial charge in [-0.3, -0.25) is 4.79 Å². The monoisotopic (exact) mass is 344 g/mol. The Bertz CT molecular complexity index is 586. The van der Waals surface area contributed by atoms with Gasteiger partial charge < -0.3 is 20.6 Å². The van der Waals surface area contributed by atoms with E-state index >= 15 is 0 Å². The van der Waals surface area contributed by atoms with Crippen LogP contribution in [0.15, 0.2) is 36.0 Å². The Balaban J connectivity index is 2.31. The van der Waals surface area contributed by atoms with Gasteiger partial charge in [-0.1, -0.05) is 26.0 Å². The quantitative estimate of drug-likeness (QED) is 0.323. The van der Waals surface area contributed by atoms with Gasteiger partial charge in [0, 0.05) is 19.3 Å². The van der Waals surface area contributed by atoms with Crippen LogP contribution >= 0.6 is 0 Å². The molecule has 1 aromatic carbocycles. The summed E-state index contributed by atoms with van der Waals surface area (Å²) in [6, 6.07) is 8.76. The Kier molecular flexibility index (Phi) is 9.79. The number of phenols is 1. The molecule has 0 spiro atoms. The van der Waals surface area contributed by atoms with Crippen LogP contribution in [0, 0.1) is 11.3 Å². The maximum atomic E-state index is 12.0. The predicted molar refractivity (Wildman–Crippen MR) is 98.9 cm³/mol. The fourth-order valence-corrected chi connectivity index (χ4v) is 2.35. The number of aromatic hydroxyl groups is 1. The zero-order chi connectivity index (χ0) is 18.5. The van der Waals surface area contributed by atoms with Crippen LogP contribution in [0.1, 0.15) is 25.8 Å². The number of nitrogens with zero attached hydrogens (tertiary/aromatic N) is 2. The molecule has 0 saturated heterocycles. The molecule has 1 aromatic rings. The molecule has 1 amide bonds. The second kappa shape index (κ2) is 11.9. The summed E-state index contributed by atoms with van der Waals surface area (Å²) in [6.45, 7) is 8.47. The third-order valence-corrected chi connectivity index (χ3v) is 3.94. The Morgan fingerprint density at radius 1 is 1.24 bits per heavy atom. The first-order valence-corrected chi connectivity index (χ1v) is 8.72. The SMILES string of the molecule is CCN(CC)CCCN/C=C(/C#N)C(=O)NCCc1ccc(O)cc1. The van der Waals surface area contributed by atoms with Gasteiger partial charge in [0.05, 0.1) is 0 Å². The molecule has 25 heavy (non-hydrogen) atoms. The highest BCUT2D eigenvalue weighted by atomic mass is 16.3. The smallest absolute Gasteiger partial charge is 0.263 e. The maximum absolute atomic E-state index is 12.0. The molecule has 0 radical (unpaired) electrons. The molecule has 0 bridgehead atoms. The van der Waals surface area contributed by atoms with Crippen LogP contribution in [0.5, 0.6) is 5.75 Å². The number of amides is 1. The number of nitriles is 1. The van der Waals surface area contributed by atoms with E-state index in [0.717, 1.165) is 38.2 Å². The van der Waals surface area contributed by atoms with Crippen molar-refractivity contribution in [3.05, 3.63) is 41.6 Å². The molecule has 0 aliphatic carbocycles. The van der Waals surface area contributed by atoms with Crippen LogP contribution in [0.25, 0.3) is 0 Å². The van der Waals surface area contributed by atoms with Crippen molar-refractivity contribution < 1.29 is 9.90 Å². The molecule has 1 rings (SSSR count). The van der Waals surface area contributed by atoms with E-state index < -0.39 is 0 Å². The van der Waals surface area contributed by atoms with Gasteiger partial charge in [-0.05, 0) is 50.2 Å². The summed E-state index contributed by atoms with van der Waals surface area (Å²) in [5.41, 5.74) is 1.09. The lowest BCUT2D eigenvalue weighted by Gasteiger charge is -2.17. The summed E-state index contributed by atoms with van der Waals surface area (Å²) >= 11 is 0. The van der Waals surface area contributed by atoms with Crippen molar-refractivity contribution in [2.45, 2.75) is 26.7 Å². The second-order valence-corrected chi connectivity index (χ2v) is 5.68. The van der Waals surface area contributed by atoms with Crippen LogP contribution in [0.2, 0.25) is 0 Å². The zero-order valence-electron chi connectivity index (χ0n) is 15.1. The highest BCUT2D eigenvalue weighted by Gasteiger charge is 2.08. The third-order valence-electron chi connectivity index (χ3n) is 3.94. The minimum absolute atomic E-state index is 0.0774. The van der Waals surface area contributed by atoms with Crippen molar-refractivity contribution in [2.24, 2.45) is 0 Å². The van der Waals surface area contributed by atoms with Gasteiger partial charge in [-0.2, -0.15) is 5.26 Å². The van der Waals surface area contributed by atoms with Crippen LogP contribution in [0.4, 0.5) is 0 Å². The van der Waals surface area contributed by atoms with E-state index in [4.69, 9.17) is 5.26 Å². The van der Waals surface area contributed by atoms with E-state index in [9.17, 15) is 9.90 Å². The topological polar surface area (TPSA) is 88.4 Å². The Labute approximate surface area is 150 Å². The molecule has 136 valence electrons. The van der Waals surface area contributed by atoms with E-state index in [1.54, 1.807) is 24.3 Å². The van der Waals surface area contributed by atoms with Gasteiger partial charge in [0.2, 0.25) is 0 Å². The minimum atomic E-state index is -0.377. The highest BCUT2D eigenvalue weighted by molar-refractivity contribution is 5.97. The Morgan fingerprint density at radius 3 is 2.52 bits per heavy atom. The number of phenolic OH excluding ortho intramolecular Hbond substituents is 1. The minimum Gasteiger partial charge on any atom is -0.508 e. The average Bonchev–Trinajstić information content (AvgIpc) is 2.63. The normalized spacial score (nSPS) is 11.2. The summed E-state index contributed by atoms with van der Waals surface area (Å²) in [5.74, 6) is -0.160. The molecule has 0 atom stereocenters. The van der Waals surface area contributed by atoms with Gasteiger partial charge in [-0.25, -0.2) is 0 Å². The molecule has 0 fully saturated rings. The van der Waals surface area contributed by atoms with Gasteiger partial charge >= 0.3 is 0 Å². The van der Waals surface area contributed by atoms with Gasteiger partial charge in [0.25, 0.3) is 5.91 Å². The molecule has 0 saturated carbocycles. The summed E-state index contributed by atoms with van der Waals surface area (Å²) in [5, 5.41) is 24.1. The van der Waals surface area contributed by atoms with E-state index in [1.807, 2.05) is 6.07 Å². The summed E-state index contributed by atoms with van der Waals surface area (Å²) in [6.07, 6.45) is 3.08. The molecule has 6 nitrogen and oxygen atoms in total. The number of nitrogens with one attached hydrogen (secondary N) is 2. The number of benzene rings is 1. The predicted octanol–water partition coefficient (Wildman–Crippen LogP) is 1.78. The van der Waals surface area contributed by atoms with Crippen molar-refractivity contribution in [2.75, 3.05) is 32.7 Å². The standard InChI is InChI=1S/C19H28N4O2/c1-3-23(4-2)13-5-11-21-15-17(14-20)19(25)22-12-10-16-6-8-18(24)9-7-16/h6-9,15,21,24H,3-5,10-13H2,1-2H3,(H,22,25)/b17-15-. The summed E-state index contributed by atoms with van der Waals surface area (Å²) < 4.78 is 0. The molecule has 0 aliphatic heterocycles. The highest BCUT2D eigenvalue weighted by Crippen LogP contribution is 2.09. The Hall–Kier alpha value is -2.52. The summed E-state index contributed by atoms with van der Waals surface area (Å²) in [7, 11) is 0. The first-order chi connectivity index (χ1) is 12.1. The van der Waals surface area contributed by atoms with Crippen LogP contribution in [-0.2, 0) is 11.2 Å². The maximum Gasteiger partial charge on any atom is 0.263 e. The first-order valence-electron chi connectivity index (χ1n) is 8.72. The van der Waals surface area contributed by atoms with E-state index in [1.165, 1.54) is 6.20 Å². The zero-order valence-corrected chi connectivity index (χ0v) is 15.1. The molecule has 0 aliphatic rings. The number of rotatable bonds is 11. The molecule has 0 aromatic heterocycles. The van der Waals surface area contributed by atoms with Crippen molar-refractivity contribution >= 4 is 5.91 Å². The molecular formula is C19H28N4O2. The van der Waals surface area contributed by atoms with Crippen molar-refractivity contribution in [1.82, 2.24) is 15.5 Å². The van der Waals surface area contributed by atoms with Gasteiger partial charge in [0.1, 0.15) is 17.4 Å². The van der Waals surface area contributed by atoms with Crippen molar-refractivity contribution in [3.8, 4) is 11.8 Å². The van der Waals surface area contributed by atoms with E-state index in [2.05, 4.69) is 29.4 Å². The molecule has 0 heterocycles. The van der Waals surface area contributed by atoms with Crippen LogP contribution in [-0.4, -0.2) is 48.6 Å². The largest absolute Gasteiger partial charge is 0.508 e. The lowest BCUT2D eigenvalue weighted by molar-refractivity contribution is -0.117. The van der Waals surface area contributed by atoms with Crippen LogP contribution in [0.3, 0.4) is 0 Å². The fourth-order valence-electron chi connectivity index (χ4n) is 2.35. The van der Waals surface area contributed by atoms with Gasteiger partial charge in [0.15, 0.2) is 0 Å². The lowest BCUT2D eigenvalue weighted by Crippen LogP contribution is -2.28. The number of hydrogen-bond donors (Lipinski definition) is 3. The molecule has 3 N–H and O–H groups in total. The molecule has 0 unspecified atom stereocenters. The van der Waals surface area contributed by atoms with Crippen molar-refractivity contribution in [1.29, 1.82) is 5.26 Å². The second-order valence-electron chi connectivity index (χ2n) is 5.68. The van der Waals surface area contributed by atoms with E-state index in [-0.39, 0.29) is 17.2 Å². The van der Waals surface area contributed by atoms with E-state index in [0.29, 0.717) is 13.0 Å². The van der Waals surface area contributed by atoms with Crippen LogP contribution < -0.4 is 10.6 Å². The number of carbonyl (C=O) groups excluding carboxylic acids is 1. The summed E-state index contributed by atoms with van der Waals surface area (Å²) in [4.78, 5) is 14.3. The van der Waals surface area contributed by atoms with Gasteiger partial charge in [-0.15, -0.1) is 0 Å². The lowest BCUT2D eigenvalue weighted by atomic mass is 10.1. The van der Waals surface area contributed by atoms with Crippen molar-refractivity contribution in [3.63, 3.8) is 0 Å². The average molecular weight is 344 g/mol. The molecular weight excluding hydrogens is 316 g/mol. The molecule has 6 heteroatoms. The first kappa shape index (κ1) is 20.5. The number of hydrogen-bond acceptors (Lipinski definition) is 5. The Morgan fingerprint density at radius 2 is 1.92 bits per heavy atom.